The number of carbonyl (C=O) groups is 1. The second kappa shape index (κ2) is 3.82. The molecule has 0 radical (unpaired) electrons. The topological polar surface area (TPSA) is 81.5 Å². The summed E-state index contributed by atoms with van der Waals surface area (Å²) < 4.78 is 0. The van der Waals surface area contributed by atoms with Gasteiger partial charge in [0.05, 0.1) is 11.7 Å². The number of para-hydroxylation sites is 1. The van der Waals surface area contributed by atoms with Gasteiger partial charge in [-0.15, -0.1) is 0 Å². The zero-order chi connectivity index (χ0) is 10.8. The van der Waals surface area contributed by atoms with Crippen LogP contribution >= 0.6 is 0 Å². The molecule has 0 fully saturated rings. The van der Waals surface area contributed by atoms with Gasteiger partial charge in [-0.3, -0.25) is 9.79 Å². The monoisotopic (exact) mass is 203 g/mol. The molecule has 0 spiro atoms. The number of amides is 1. The molecule has 0 unspecified atom stereocenters. The number of hydrogen-bond acceptors (Lipinski definition) is 3. The average molecular weight is 203 g/mol. The molecule has 1 aromatic rings. The zero-order valence-electron chi connectivity index (χ0n) is 8.26. The highest BCUT2D eigenvalue weighted by Gasteiger charge is 2.22. The normalized spacial score (nSPS) is 19.9. The van der Waals surface area contributed by atoms with Crippen molar-refractivity contribution in [2.75, 3.05) is 0 Å². The first-order valence-corrected chi connectivity index (χ1v) is 4.86. The Morgan fingerprint density at radius 2 is 2.20 bits per heavy atom. The average Bonchev–Trinajstić information content (AvgIpc) is 2.62. The van der Waals surface area contributed by atoms with Gasteiger partial charge in [0.1, 0.15) is 0 Å². The molecule has 1 amide bonds. The van der Waals surface area contributed by atoms with Gasteiger partial charge < -0.3 is 11.5 Å². The van der Waals surface area contributed by atoms with Crippen molar-refractivity contribution in [1.82, 2.24) is 0 Å². The van der Waals surface area contributed by atoms with Gasteiger partial charge in [0.2, 0.25) is 5.91 Å². The molecule has 0 aromatic heterocycles. The van der Waals surface area contributed by atoms with E-state index in [4.69, 9.17) is 11.5 Å². The van der Waals surface area contributed by atoms with E-state index in [1.165, 1.54) is 0 Å². The van der Waals surface area contributed by atoms with Crippen LogP contribution in [0.1, 0.15) is 17.9 Å². The van der Waals surface area contributed by atoms with Crippen LogP contribution in [0, 0.1) is 0 Å². The van der Waals surface area contributed by atoms with Gasteiger partial charge in [-0.25, -0.2) is 0 Å². The van der Waals surface area contributed by atoms with Crippen molar-refractivity contribution in [3.05, 3.63) is 29.8 Å². The lowest BCUT2D eigenvalue weighted by atomic mass is 9.94. The van der Waals surface area contributed by atoms with Crippen LogP contribution in [0.4, 0.5) is 5.69 Å². The van der Waals surface area contributed by atoms with E-state index < -0.39 is 11.9 Å². The molecule has 15 heavy (non-hydrogen) atoms. The van der Waals surface area contributed by atoms with Crippen molar-refractivity contribution in [2.45, 2.75) is 18.4 Å². The SMILES string of the molecule is NC(=O)[C@@H](N)C[C@@H]1C=Nc2ccccc21. The van der Waals surface area contributed by atoms with Crippen molar-refractivity contribution in [2.24, 2.45) is 16.5 Å². The molecule has 4 nitrogen and oxygen atoms in total. The minimum Gasteiger partial charge on any atom is -0.368 e. The molecule has 1 heterocycles. The van der Waals surface area contributed by atoms with E-state index in [2.05, 4.69) is 4.99 Å². The molecule has 0 bridgehead atoms. The molecular formula is C11H13N3O. The molecule has 2 atom stereocenters. The highest BCUT2D eigenvalue weighted by Crippen LogP contribution is 2.33. The Bertz CT molecular complexity index is 414. The summed E-state index contributed by atoms with van der Waals surface area (Å²) in [5, 5.41) is 0. The first-order chi connectivity index (χ1) is 7.18. The van der Waals surface area contributed by atoms with E-state index in [0.29, 0.717) is 6.42 Å². The van der Waals surface area contributed by atoms with Crippen LogP contribution in [0.15, 0.2) is 29.3 Å². The third-order valence-corrected chi connectivity index (χ3v) is 2.60. The number of primary amides is 1. The number of rotatable bonds is 3. The van der Waals surface area contributed by atoms with Crippen LogP contribution in [0.3, 0.4) is 0 Å². The summed E-state index contributed by atoms with van der Waals surface area (Å²) in [6, 6.07) is 7.23. The van der Waals surface area contributed by atoms with Gasteiger partial charge >= 0.3 is 0 Å². The van der Waals surface area contributed by atoms with Gasteiger partial charge in [0.25, 0.3) is 0 Å². The lowest BCUT2D eigenvalue weighted by Gasteiger charge is -2.12. The maximum absolute atomic E-state index is 10.9. The maximum atomic E-state index is 10.9. The fourth-order valence-corrected chi connectivity index (χ4v) is 1.75. The summed E-state index contributed by atoms with van der Waals surface area (Å²) in [6.07, 6.45) is 2.35. The van der Waals surface area contributed by atoms with Crippen LogP contribution in [0.2, 0.25) is 0 Å². The molecular weight excluding hydrogens is 190 g/mol. The summed E-state index contributed by atoms with van der Waals surface area (Å²) in [5.74, 6) is -0.350. The second-order valence-electron chi connectivity index (χ2n) is 3.69. The first kappa shape index (κ1) is 9.86. The molecule has 1 aliphatic heterocycles. The van der Waals surface area contributed by atoms with E-state index in [-0.39, 0.29) is 5.92 Å². The van der Waals surface area contributed by atoms with E-state index in [0.717, 1.165) is 11.3 Å². The predicted octanol–water partition coefficient (Wildman–Crippen LogP) is 0.689. The number of hydrogen-bond donors (Lipinski definition) is 2. The Kier molecular flexibility index (Phi) is 2.51. The van der Waals surface area contributed by atoms with E-state index >= 15 is 0 Å². The van der Waals surface area contributed by atoms with Crippen molar-refractivity contribution in [1.29, 1.82) is 0 Å². The van der Waals surface area contributed by atoms with Crippen molar-refractivity contribution < 1.29 is 4.79 Å². The van der Waals surface area contributed by atoms with E-state index in [1.807, 2.05) is 30.5 Å². The highest BCUT2D eigenvalue weighted by atomic mass is 16.1. The van der Waals surface area contributed by atoms with Crippen LogP contribution in [0.5, 0.6) is 0 Å². The molecule has 0 saturated carbocycles. The molecule has 1 aromatic carbocycles. The Labute approximate surface area is 88.0 Å². The molecule has 0 aliphatic carbocycles. The standard InChI is InChI=1S/C11H13N3O/c12-9(11(13)15)5-7-6-14-10-4-2-1-3-8(7)10/h1-4,6-7,9H,5,12H2,(H2,13,15)/t7-,9+/m1/s1. The maximum Gasteiger partial charge on any atom is 0.234 e. The third-order valence-electron chi connectivity index (χ3n) is 2.60. The lowest BCUT2D eigenvalue weighted by molar-refractivity contribution is -0.119. The van der Waals surface area contributed by atoms with Crippen molar-refractivity contribution >= 4 is 17.8 Å². The summed E-state index contributed by atoms with van der Waals surface area (Å²) >= 11 is 0. The summed E-state index contributed by atoms with van der Waals surface area (Å²) in [6.45, 7) is 0. The quantitative estimate of drug-likeness (QED) is 0.757. The van der Waals surface area contributed by atoms with Crippen molar-refractivity contribution in [3.8, 4) is 0 Å². The third kappa shape index (κ3) is 1.89. The first-order valence-electron chi connectivity index (χ1n) is 4.86. The van der Waals surface area contributed by atoms with Crippen molar-refractivity contribution in [3.63, 3.8) is 0 Å². The smallest absolute Gasteiger partial charge is 0.234 e. The Balaban J connectivity index is 2.15. The number of carbonyl (C=O) groups excluding carboxylic acids is 1. The van der Waals surface area contributed by atoms with Gasteiger partial charge in [0.15, 0.2) is 0 Å². The van der Waals surface area contributed by atoms with Crippen LogP contribution in [-0.2, 0) is 4.79 Å². The van der Waals surface area contributed by atoms with Gasteiger partial charge in [0, 0.05) is 12.1 Å². The Morgan fingerprint density at radius 1 is 1.47 bits per heavy atom. The van der Waals surface area contributed by atoms with Gasteiger partial charge in [-0.05, 0) is 18.1 Å². The molecule has 78 valence electrons. The van der Waals surface area contributed by atoms with Gasteiger partial charge in [-0.2, -0.15) is 0 Å². The molecule has 0 saturated heterocycles. The number of aliphatic imine (C=N–C) groups is 1. The fraction of sp³-hybridized carbons (Fsp3) is 0.273. The molecule has 4 heteroatoms. The summed E-state index contributed by atoms with van der Waals surface area (Å²) in [5.41, 5.74) is 12.8. The minimum absolute atomic E-state index is 0.115. The van der Waals surface area contributed by atoms with Crippen LogP contribution < -0.4 is 11.5 Å². The fourth-order valence-electron chi connectivity index (χ4n) is 1.75. The van der Waals surface area contributed by atoms with E-state index in [9.17, 15) is 4.79 Å². The molecule has 4 N–H and O–H groups in total. The Hall–Kier alpha value is -1.68. The largest absolute Gasteiger partial charge is 0.368 e. The summed E-state index contributed by atoms with van der Waals surface area (Å²) in [4.78, 5) is 15.1. The molecule has 2 rings (SSSR count). The summed E-state index contributed by atoms with van der Waals surface area (Å²) in [7, 11) is 0. The zero-order valence-corrected chi connectivity index (χ0v) is 8.26. The lowest BCUT2D eigenvalue weighted by Crippen LogP contribution is -2.37. The van der Waals surface area contributed by atoms with Crippen LogP contribution in [-0.4, -0.2) is 18.2 Å². The number of nitrogens with zero attached hydrogens (tertiary/aromatic N) is 1. The number of nitrogens with two attached hydrogens (primary N) is 2. The van der Waals surface area contributed by atoms with Crippen LogP contribution in [0.25, 0.3) is 0 Å². The second-order valence-corrected chi connectivity index (χ2v) is 3.69. The molecule has 1 aliphatic rings. The predicted molar refractivity (Wildman–Crippen MR) is 59.1 cm³/mol. The minimum atomic E-state index is -0.604. The Morgan fingerprint density at radius 3 is 2.93 bits per heavy atom. The number of benzene rings is 1. The van der Waals surface area contributed by atoms with Gasteiger partial charge in [-0.1, -0.05) is 18.2 Å². The highest BCUT2D eigenvalue weighted by molar-refractivity contribution is 5.84. The number of fused-ring (bicyclic) bond motifs is 1. The van der Waals surface area contributed by atoms with E-state index in [1.54, 1.807) is 0 Å².